The summed E-state index contributed by atoms with van der Waals surface area (Å²) in [4.78, 5) is 11.8. The van der Waals surface area contributed by atoms with Crippen LogP contribution in [-0.2, 0) is 11.3 Å². The topological polar surface area (TPSA) is 68.2 Å². The first-order valence-electron chi connectivity index (χ1n) is 7.79. The van der Waals surface area contributed by atoms with E-state index in [9.17, 15) is 4.79 Å². The van der Waals surface area contributed by atoms with Crippen LogP contribution in [0.15, 0.2) is 36.7 Å². The molecule has 0 saturated heterocycles. The number of methoxy groups -OCH3 is 1. The Kier molecular flexibility index (Phi) is 6.31. The van der Waals surface area contributed by atoms with Gasteiger partial charge >= 0.3 is 5.97 Å². The molecule has 0 fully saturated rings. The highest BCUT2D eigenvalue weighted by Gasteiger charge is 2.12. The number of esters is 1. The van der Waals surface area contributed by atoms with E-state index in [1.165, 1.54) is 7.11 Å². The lowest BCUT2D eigenvalue weighted by molar-refractivity contribution is 0.0599. The number of hydrogen-bond donors (Lipinski definition) is 2. The quantitative estimate of drug-likeness (QED) is 0.619. The number of aromatic nitrogens is 2. The summed E-state index contributed by atoms with van der Waals surface area (Å²) in [7, 11) is 1.38. The predicted octanol–water partition coefficient (Wildman–Crippen LogP) is 2.80. The highest BCUT2D eigenvalue weighted by Crippen LogP contribution is 2.13. The molecule has 0 radical (unpaired) electrons. The van der Waals surface area contributed by atoms with E-state index >= 15 is 0 Å². The summed E-state index contributed by atoms with van der Waals surface area (Å²) in [6, 6.07) is 7.64. The van der Waals surface area contributed by atoms with Gasteiger partial charge in [-0.3, -0.25) is 4.68 Å². The number of nitrogens with one attached hydrogen (secondary N) is 2. The van der Waals surface area contributed by atoms with Crippen molar-refractivity contribution in [1.82, 2.24) is 15.1 Å². The lowest BCUT2D eigenvalue weighted by Crippen LogP contribution is -2.35. The van der Waals surface area contributed by atoms with Crippen LogP contribution in [0.5, 0.6) is 0 Å². The number of thiocarbonyl (C=S) groups is 1. The molecule has 0 aliphatic heterocycles. The van der Waals surface area contributed by atoms with E-state index in [2.05, 4.69) is 29.6 Å². The number of anilines is 1. The Hall–Kier alpha value is -2.41. The zero-order valence-electron chi connectivity index (χ0n) is 14.1. The van der Waals surface area contributed by atoms with Crippen LogP contribution in [0, 0.1) is 0 Å². The van der Waals surface area contributed by atoms with Crippen LogP contribution in [-0.4, -0.2) is 34.0 Å². The molecule has 2 aromatic rings. The van der Waals surface area contributed by atoms with Crippen LogP contribution in [0.4, 0.5) is 5.69 Å². The molecular weight excluding hydrogens is 324 g/mol. The second-order valence-corrected chi connectivity index (χ2v) is 5.89. The Balaban J connectivity index is 2.04. The minimum absolute atomic E-state index is 0.312. The summed E-state index contributed by atoms with van der Waals surface area (Å²) < 4.78 is 6.56. The van der Waals surface area contributed by atoms with Gasteiger partial charge in [0.05, 0.1) is 31.1 Å². The van der Waals surface area contributed by atoms with E-state index in [0.717, 1.165) is 17.7 Å². The van der Waals surface area contributed by atoms with Crippen LogP contribution < -0.4 is 10.6 Å². The van der Waals surface area contributed by atoms with E-state index in [4.69, 9.17) is 17.0 Å². The van der Waals surface area contributed by atoms with Gasteiger partial charge in [0, 0.05) is 12.2 Å². The third-order valence-corrected chi connectivity index (χ3v) is 3.86. The summed E-state index contributed by atoms with van der Waals surface area (Å²) in [5.41, 5.74) is 2.18. The summed E-state index contributed by atoms with van der Waals surface area (Å²) in [5, 5.41) is 11.2. The first kappa shape index (κ1) is 17.9. The molecule has 2 rings (SSSR count). The second-order valence-electron chi connectivity index (χ2n) is 5.48. The predicted molar refractivity (Wildman–Crippen MR) is 98.2 cm³/mol. The zero-order valence-corrected chi connectivity index (χ0v) is 14.9. The van der Waals surface area contributed by atoms with E-state index in [1.54, 1.807) is 16.9 Å². The van der Waals surface area contributed by atoms with Crippen molar-refractivity contribution in [3.63, 3.8) is 0 Å². The molecule has 2 N–H and O–H groups in total. The van der Waals surface area contributed by atoms with Gasteiger partial charge in [-0.25, -0.2) is 4.79 Å². The molecule has 0 spiro atoms. The molecule has 6 nitrogen and oxygen atoms in total. The van der Waals surface area contributed by atoms with Gasteiger partial charge in [0.1, 0.15) is 0 Å². The van der Waals surface area contributed by atoms with Crippen molar-refractivity contribution in [2.24, 2.45) is 0 Å². The first-order valence-corrected chi connectivity index (χ1v) is 8.20. The Morgan fingerprint density at radius 2 is 2.17 bits per heavy atom. The minimum atomic E-state index is -0.352. The second kappa shape index (κ2) is 8.44. The average molecular weight is 346 g/mol. The molecular formula is C17H22N4O2S. The number of hydrogen-bond acceptors (Lipinski definition) is 4. The number of carbonyl (C=O) groups excluding carboxylic acids is 1. The van der Waals surface area contributed by atoms with E-state index in [0.29, 0.717) is 23.3 Å². The van der Waals surface area contributed by atoms with Gasteiger partial charge in [-0.1, -0.05) is 25.1 Å². The molecule has 1 atom stereocenters. The molecule has 1 unspecified atom stereocenters. The monoisotopic (exact) mass is 346 g/mol. The zero-order chi connectivity index (χ0) is 17.5. The SMILES string of the molecule is CCC(C)NC(=S)Nc1cnn(Cc2ccccc2C(=O)OC)c1. The number of nitrogens with zero attached hydrogens (tertiary/aromatic N) is 2. The fourth-order valence-corrected chi connectivity index (χ4v) is 2.47. The Morgan fingerprint density at radius 3 is 2.88 bits per heavy atom. The fourth-order valence-electron chi connectivity index (χ4n) is 2.15. The van der Waals surface area contributed by atoms with Gasteiger partial charge in [0.25, 0.3) is 0 Å². The Morgan fingerprint density at radius 1 is 1.42 bits per heavy atom. The highest BCUT2D eigenvalue weighted by atomic mass is 32.1. The summed E-state index contributed by atoms with van der Waals surface area (Å²) >= 11 is 5.27. The van der Waals surface area contributed by atoms with Gasteiger partial charge in [0.15, 0.2) is 5.11 Å². The third kappa shape index (κ3) is 4.79. The smallest absolute Gasteiger partial charge is 0.338 e. The highest BCUT2D eigenvalue weighted by molar-refractivity contribution is 7.80. The molecule has 1 heterocycles. The first-order chi connectivity index (χ1) is 11.5. The van der Waals surface area contributed by atoms with E-state index in [-0.39, 0.29) is 5.97 Å². The van der Waals surface area contributed by atoms with Crippen molar-refractivity contribution < 1.29 is 9.53 Å². The van der Waals surface area contributed by atoms with Crippen LogP contribution in [0.1, 0.15) is 36.2 Å². The number of rotatable bonds is 6. The lowest BCUT2D eigenvalue weighted by atomic mass is 10.1. The largest absolute Gasteiger partial charge is 0.465 e. The van der Waals surface area contributed by atoms with Gasteiger partial charge in [0.2, 0.25) is 0 Å². The molecule has 24 heavy (non-hydrogen) atoms. The maximum absolute atomic E-state index is 11.8. The van der Waals surface area contributed by atoms with Crippen molar-refractivity contribution >= 4 is 29.0 Å². The summed E-state index contributed by atoms with van der Waals surface area (Å²) in [5.74, 6) is -0.352. The van der Waals surface area contributed by atoms with Gasteiger partial charge in [-0.2, -0.15) is 5.10 Å². The van der Waals surface area contributed by atoms with Crippen LogP contribution in [0.2, 0.25) is 0 Å². The average Bonchev–Trinajstić information content (AvgIpc) is 3.01. The third-order valence-electron chi connectivity index (χ3n) is 3.64. The van der Waals surface area contributed by atoms with Gasteiger partial charge < -0.3 is 15.4 Å². The van der Waals surface area contributed by atoms with Crippen molar-refractivity contribution in [2.75, 3.05) is 12.4 Å². The van der Waals surface area contributed by atoms with Gasteiger partial charge in [-0.05, 0) is 37.2 Å². The molecule has 1 aromatic carbocycles. The molecule has 1 aromatic heterocycles. The standard InChI is InChI=1S/C17H22N4O2S/c1-4-12(2)19-17(24)20-14-9-18-21(11-14)10-13-7-5-6-8-15(13)16(22)23-3/h5-9,11-12H,4,10H2,1-3H3,(H2,19,20,24). The van der Waals surface area contributed by atoms with Crippen molar-refractivity contribution in [2.45, 2.75) is 32.9 Å². The van der Waals surface area contributed by atoms with E-state index in [1.807, 2.05) is 24.4 Å². The van der Waals surface area contributed by atoms with Crippen molar-refractivity contribution in [3.05, 3.63) is 47.8 Å². The number of ether oxygens (including phenoxy) is 1. The molecule has 0 saturated carbocycles. The number of benzene rings is 1. The molecule has 0 aliphatic rings. The lowest BCUT2D eigenvalue weighted by Gasteiger charge is -2.14. The molecule has 7 heteroatoms. The van der Waals surface area contributed by atoms with Crippen LogP contribution >= 0.6 is 12.2 Å². The van der Waals surface area contributed by atoms with Crippen molar-refractivity contribution in [3.8, 4) is 0 Å². The molecule has 128 valence electrons. The summed E-state index contributed by atoms with van der Waals surface area (Å²) in [6.07, 6.45) is 4.54. The van der Waals surface area contributed by atoms with Gasteiger partial charge in [-0.15, -0.1) is 0 Å². The molecule has 0 aliphatic carbocycles. The molecule has 0 bridgehead atoms. The normalized spacial score (nSPS) is 11.6. The number of carbonyl (C=O) groups is 1. The maximum atomic E-state index is 11.8. The Bertz CT molecular complexity index is 714. The Labute approximate surface area is 147 Å². The van der Waals surface area contributed by atoms with Crippen LogP contribution in [0.3, 0.4) is 0 Å². The minimum Gasteiger partial charge on any atom is -0.465 e. The maximum Gasteiger partial charge on any atom is 0.338 e. The van der Waals surface area contributed by atoms with Crippen LogP contribution in [0.25, 0.3) is 0 Å². The summed E-state index contributed by atoms with van der Waals surface area (Å²) in [6.45, 7) is 4.64. The molecule has 0 amide bonds. The fraction of sp³-hybridized carbons (Fsp3) is 0.353. The van der Waals surface area contributed by atoms with Crippen molar-refractivity contribution in [1.29, 1.82) is 0 Å². The van der Waals surface area contributed by atoms with E-state index < -0.39 is 0 Å².